The Labute approximate surface area is 146 Å². The number of likely N-dealkylation sites (tertiary alicyclic amines) is 1. The lowest BCUT2D eigenvalue weighted by molar-refractivity contribution is 0.0678. The molecule has 1 atom stereocenters. The maximum Gasteiger partial charge on any atom is 0.257 e. The summed E-state index contributed by atoms with van der Waals surface area (Å²) < 4.78 is 3.87. The second-order valence-electron chi connectivity index (χ2n) is 6.47. The molecule has 0 bridgehead atoms. The molecule has 6 nitrogen and oxygen atoms in total. The van der Waals surface area contributed by atoms with Crippen LogP contribution >= 0.6 is 0 Å². The van der Waals surface area contributed by atoms with E-state index < -0.39 is 0 Å². The van der Waals surface area contributed by atoms with Crippen molar-refractivity contribution in [1.29, 1.82) is 0 Å². The molecule has 6 heteroatoms. The summed E-state index contributed by atoms with van der Waals surface area (Å²) in [7, 11) is 0. The third-order valence-corrected chi connectivity index (χ3v) is 4.78. The van der Waals surface area contributed by atoms with Crippen molar-refractivity contribution in [1.82, 2.24) is 24.2 Å². The molecule has 0 aliphatic carbocycles. The summed E-state index contributed by atoms with van der Waals surface area (Å²) in [6.07, 6.45) is 9.50. The van der Waals surface area contributed by atoms with Gasteiger partial charge in [-0.1, -0.05) is 18.2 Å². The highest BCUT2D eigenvalue weighted by molar-refractivity contribution is 5.95. The number of hydrogen-bond acceptors (Lipinski definition) is 3. The van der Waals surface area contributed by atoms with E-state index >= 15 is 0 Å². The topological polar surface area (TPSA) is 56.0 Å². The van der Waals surface area contributed by atoms with Crippen LogP contribution in [0.3, 0.4) is 0 Å². The Kier molecular flexibility index (Phi) is 4.09. The lowest BCUT2D eigenvalue weighted by atomic mass is 10.0. The molecule has 3 aromatic rings. The van der Waals surface area contributed by atoms with Crippen molar-refractivity contribution in [2.24, 2.45) is 0 Å². The van der Waals surface area contributed by atoms with Gasteiger partial charge in [0.1, 0.15) is 0 Å². The third kappa shape index (κ3) is 3.07. The van der Waals surface area contributed by atoms with E-state index in [0.29, 0.717) is 18.2 Å². The zero-order valence-electron chi connectivity index (χ0n) is 14.2. The first-order chi connectivity index (χ1) is 12.2. The predicted molar refractivity (Wildman–Crippen MR) is 94.7 cm³/mol. The van der Waals surface area contributed by atoms with Gasteiger partial charge in [-0.05, 0) is 31.9 Å². The second-order valence-corrected chi connectivity index (χ2v) is 6.47. The summed E-state index contributed by atoms with van der Waals surface area (Å²) in [6, 6.07) is 10.2. The van der Waals surface area contributed by atoms with Crippen LogP contribution in [-0.4, -0.2) is 43.2 Å². The van der Waals surface area contributed by atoms with Crippen LogP contribution in [0, 0.1) is 6.92 Å². The normalized spacial score (nSPS) is 17.6. The molecule has 25 heavy (non-hydrogen) atoms. The Morgan fingerprint density at radius 1 is 1.24 bits per heavy atom. The number of para-hydroxylation sites is 1. The minimum absolute atomic E-state index is 0.0597. The summed E-state index contributed by atoms with van der Waals surface area (Å²) in [5, 5.41) is 4.52. The summed E-state index contributed by atoms with van der Waals surface area (Å²) in [5.41, 5.74) is 2.40. The summed E-state index contributed by atoms with van der Waals surface area (Å²) >= 11 is 0. The van der Waals surface area contributed by atoms with Crippen molar-refractivity contribution in [3.63, 3.8) is 0 Å². The lowest BCUT2D eigenvalue weighted by Gasteiger charge is -2.33. The van der Waals surface area contributed by atoms with E-state index in [1.807, 2.05) is 60.9 Å². The highest BCUT2D eigenvalue weighted by Crippen LogP contribution is 2.23. The number of nitrogens with zero attached hydrogens (tertiary/aromatic N) is 5. The average Bonchev–Trinajstić information content (AvgIpc) is 3.32. The van der Waals surface area contributed by atoms with Gasteiger partial charge in [0.15, 0.2) is 0 Å². The minimum Gasteiger partial charge on any atom is -0.336 e. The van der Waals surface area contributed by atoms with Crippen molar-refractivity contribution in [2.45, 2.75) is 25.8 Å². The van der Waals surface area contributed by atoms with Gasteiger partial charge < -0.3 is 9.47 Å². The highest BCUT2D eigenvalue weighted by atomic mass is 16.2. The quantitative estimate of drug-likeness (QED) is 0.739. The molecule has 1 aliphatic rings. The number of imidazole rings is 1. The molecule has 0 spiro atoms. The maximum atomic E-state index is 13.0. The fraction of sp³-hybridized carbons (Fsp3) is 0.316. The SMILES string of the molecule is Cc1nn(-c2ccccc2)cc1C(=O)N1CCC[C@@H](n2ccnc2)C1. The van der Waals surface area contributed by atoms with Crippen LogP contribution < -0.4 is 0 Å². The summed E-state index contributed by atoms with van der Waals surface area (Å²) in [5.74, 6) is 0.0597. The fourth-order valence-electron chi connectivity index (χ4n) is 3.42. The number of amides is 1. The molecule has 0 unspecified atom stereocenters. The Balaban J connectivity index is 1.55. The van der Waals surface area contributed by atoms with Crippen LogP contribution in [0.15, 0.2) is 55.2 Å². The van der Waals surface area contributed by atoms with E-state index in [4.69, 9.17) is 0 Å². The van der Waals surface area contributed by atoms with Crippen molar-refractivity contribution < 1.29 is 4.79 Å². The van der Waals surface area contributed by atoms with Gasteiger partial charge in [-0.25, -0.2) is 9.67 Å². The lowest BCUT2D eigenvalue weighted by Crippen LogP contribution is -2.40. The van der Waals surface area contributed by atoms with E-state index in [-0.39, 0.29) is 5.91 Å². The Hall–Kier alpha value is -2.89. The standard InChI is InChI=1S/C19H21N5O/c1-15-18(13-24(21-15)16-6-3-2-4-7-16)19(25)22-10-5-8-17(12-22)23-11-9-20-14-23/h2-4,6-7,9,11,13-14,17H,5,8,10,12H2,1H3/t17-/m1/s1. The molecule has 4 rings (SSSR count). The maximum absolute atomic E-state index is 13.0. The fourth-order valence-corrected chi connectivity index (χ4v) is 3.42. The number of carbonyl (C=O) groups excluding carboxylic acids is 1. The van der Waals surface area contributed by atoms with Crippen molar-refractivity contribution in [3.05, 3.63) is 66.5 Å². The third-order valence-electron chi connectivity index (χ3n) is 4.78. The zero-order valence-corrected chi connectivity index (χ0v) is 14.2. The monoisotopic (exact) mass is 335 g/mol. The summed E-state index contributed by atoms with van der Waals surface area (Å²) in [6.45, 7) is 3.40. The van der Waals surface area contributed by atoms with E-state index in [1.54, 1.807) is 10.9 Å². The number of hydrogen-bond donors (Lipinski definition) is 0. The number of aryl methyl sites for hydroxylation is 1. The molecule has 128 valence electrons. The second kappa shape index (κ2) is 6.55. The Bertz CT molecular complexity index is 853. The molecule has 0 N–H and O–H groups in total. The van der Waals surface area contributed by atoms with Crippen molar-refractivity contribution >= 4 is 5.91 Å². The molecule has 3 heterocycles. The Morgan fingerprint density at radius 3 is 2.84 bits per heavy atom. The van der Waals surface area contributed by atoms with Gasteiger partial charge in [0.05, 0.1) is 29.3 Å². The van der Waals surface area contributed by atoms with Crippen LogP contribution in [-0.2, 0) is 0 Å². The van der Waals surface area contributed by atoms with E-state index in [9.17, 15) is 4.79 Å². The Morgan fingerprint density at radius 2 is 2.08 bits per heavy atom. The predicted octanol–water partition coefficient (Wildman–Crippen LogP) is 2.85. The first-order valence-electron chi connectivity index (χ1n) is 8.61. The summed E-state index contributed by atoms with van der Waals surface area (Å²) in [4.78, 5) is 19.1. The number of carbonyl (C=O) groups is 1. The molecular weight excluding hydrogens is 314 g/mol. The molecule has 0 radical (unpaired) electrons. The van der Waals surface area contributed by atoms with Gasteiger partial charge in [-0.3, -0.25) is 4.79 Å². The van der Waals surface area contributed by atoms with Crippen molar-refractivity contribution in [2.75, 3.05) is 13.1 Å². The highest BCUT2D eigenvalue weighted by Gasteiger charge is 2.27. The van der Waals surface area contributed by atoms with Crippen LogP contribution in [0.25, 0.3) is 5.69 Å². The largest absolute Gasteiger partial charge is 0.336 e. The first kappa shape index (κ1) is 15.6. The number of aromatic nitrogens is 4. The van der Waals surface area contributed by atoms with Gasteiger partial charge in [-0.15, -0.1) is 0 Å². The van der Waals surface area contributed by atoms with Crippen LogP contribution in [0.1, 0.15) is 34.9 Å². The van der Waals surface area contributed by atoms with Gasteiger partial charge >= 0.3 is 0 Å². The molecular formula is C19H21N5O. The van der Waals surface area contributed by atoms with Gasteiger partial charge in [0.2, 0.25) is 0 Å². The van der Waals surface area contributed by atoms with E-state index in [1.165, 1.54) is 0 Å². The number of piperidine rings is 1. The first-order valence-corrected chi connectivity index (χ1v) is 8.61. The van der Waals surface area contributed by atoms with Crippen molar-refractivity contribution in [3.8, 4) is 5.69 Å². The van der Waals surface area contributed by atoms with E-state index in [2.05, 4.69) is 14.6 Å². The molecule has 1 aliphatic heterocycles. The van der Waals surface area contributed by atoms with E-state index in [0.717, 1.165) is 30.8 Å². The minimum atomic E-state index is 0.0597. The van der Waals surface area contributed by atoms with Gasteiger partial charge in [-0.2, -0.15) is 5.10 Å². The molecule has 1 fully saturated rings. The number of benzene rings is 1. The smallest absolute Gasteiger partial charge is 0.257 e. The average molecular weight is 335 g/mol. The van der Waals surface area contributed by atoms with Crippen LogP contribution in [0.2, 0.25) is 0 Å². The molecule has 0 saturated carbocycles. The number of rotatable bonds is 3. The van der Waals surface area contributed by atoms with Gasteiger partial charge in [0, 0.05) is 31.7 Å². The molecule has 2 aromatic heterocycles. The van der Waals surface area contributed by atoms with Crippen LogP contribution in [0.5, 0.6) is 0 Å². The zero-order chi connectivity index (χ0) is 17.2. The molecule has 1 amide bonds. The van der Waals surface area contributed by atoms with Crippen LogP contribution in [0.4, 0.5) is 0 Å². The van der Waals surface area contributed by atoms with Gasteiger partial charge in [0.25, 0.3) is 5.91 Å². The molecule has 1 aromatic carbocycles. The molecule has 1 saturated heterocycles.